The molecule has 0 spiro atoms. The van der Waals surface area contributed by atoms with E-state index >= 15 is 0 Å². The Kier molecular flexibility index (Phi) is 3.32. The first-order valence-corrected chi connectivity index (χ1v) is 5.18. The number of carboxylic acids is 1. The van der Waals surface area contributed by atoms with Crippen molar-refractivity contribution in [2.24, 2.45) is 0 Å². The molecular formula is C13H9F2NO2. The molecule has 0 amide bonds. The Bertz CT molecular complexity index is 572. The van der Waals surface area contributed by atoms with Gasteiger partial charge in [0.05, 0.1) is 5.69 Å². The van der Waals surface area contributed by atoms with Gasteiger partial charge in [-0.05, 0) is 30.3 Å². The first-order chi connectivity index (χ1) is 8.59. The minimum absolute atomic E-state index is 0.162. The first kappa shape index (κ1) is 12.2. The fraction of sp³-hybridized carbons (Fsp3) is 0.0769. The third-order valence-corrected chi connectivity index (χ3v) is 2.50. The summed E-state index contributed by atoms with van der Waals surface area (Å²) in [6.07, 6.45) is 1.41. The van der Waals surface area contributed by atoms with Crippen LogP contribution in [0.5, 0.6) is 0 Å². The molecule has 0 saturated carbocycles. The van der Waals surface area contributed by atoms with Crippen LogP contribution in [-0.4, -0.2) is 16.1 Å². The van der Waals surface area contributed by atoms with Gasteiger partial charge in [-0.1, -0.05) is 6.07 Å². The van der Waals surface area contributed by atoms with Crippen molar-refractivity contribution in [3.63, 3.8) is 0 Å². The van der Waals surface area contributed by atoms with Gasteiger partial charge >= 0.3 is 5.97 Å². The molecule has 0 fully saturated rings. The van der Waals surface area contributed by atoms with Crippen molar-refractivity contribution in [3.8, 4) is 0 Å². The number of benzene rings is 1. The molecule has 0 aliphatic carbocycles. The third kappa shape index (κ3) is 2.34. The highest BCUT2D eigenvalue weighted by molar-refractivity contribution is 5.79. The molecule has 1 aromatic carbocycles. The molecule has 1 aromatic heterocycles. The summed E-state index contributed by atoms with van der Waals surface area (Å²) in [7, 11) is 0. The zero-order chi connectivity index (χ0) is 13.1. The molecule has 1 unspecified atom stereocenters. The van der Waals surface area contributed by atoms with Crippen LogP contribution in [0.4, 0.5) is 8.78 Å². The number of carboxylic acid groups (broad SMARTS) is 1. The number of rotatable bonds is 3. The summed E-state index contributed by atoms with van der Waals surface area (Å²) in [5.74, 6) is -4.05. The fourth-order valence-corrected chi connectivity index (χ4v) is 1.70. The smallest absolute Gasteiger partial charge is 0.317 e. The standard InChI is InChI=1S/C13H9F2NO2/c14-8-4-5-10(15)9(7-8)12(13(17)18)11-3-1-2-6-16-11/h1-7,12H,(H,17,18). The predicted molar refractivity (Wildman–Crippen MR) is 60.1 cm³/mol. The molecule has 1 N–H and O–H groups in total. The van der Waals surface area contributed by atoms with Gasteiger partial charge in [0.2, 0.25) is 0 Å². The summed E-state index contributed by atoms with van der Waals surface area (Å²) < 4.78 is 26.7. The van der Waals surface area contributed by atoms with E-state index in [1.165, 1.54) is 12.3 Å². The molecule has 0 aliphatic rings. The molecule has 3 nitrogen and oxygen atoms in total. The number of nitrogens with zero attached hydrogens (tertiary/aromatic N) is 1. The normalized spacial score (nSPS) is 12.1. The van der Waals surface area contributed by atoms with Crippen LogP contribution in [0.15, 0.2) is 42.6 Å². The molecule has 2 aromatic rings. The highest BCUT2D eigenvalue weighted by Gasteiger charge is 2.26. The Morgan fingerprint density at radius 3 is 2.61 bits per heavy atom. The third-order valence-electron chi connectivity index (χ3n) is 2.50. The second kappa shape index (κ2) is 4.91. The van der Waals surface area contributed by atoms with Gasteiger partial charge in [0.25, 0.3) is 0 Å². The number of pyridine rings is 1. The molecular weight excluding hydrogens is 240 g/mol. The highest BCUT2D eigenvalue weighted by atomic mass is 19.1. The molecule has 0 saturated heterocycles. The van der Waals surface area contributed by atoms with E-state index in [1.807, 2.05) is 0 Å². The second-order valence-electron chi connectivity index (χ2n) is 3.69. The van der Waals surface area contributed by atoms with E-state index in [4.69, 9.17) is 5.11 Å². The quantitative estimate of drug-likeness (QED) is 0.909. The van der Waals surface area contributed by atoms with Gasteiger partial charge in [-0.3, -0.25) is 9.78 Å². The van der Waals surface area contributed by atoms with Gasteiger partial charge in [-0.15, -0.1) is 0 Å². The summed E-state index contributed by atoms with van der Waals surface area (Å²) in [5.41, 5.74) is -0.0734. The van der Waals surface area contributed by atoms with Crippen LogP contribution < -0.4 is 0 Å². The fourth-order valence-electron chi connectivity index (χ4n) is 1.70. The average Bonchev–Trinajstić information content (AvgIpc) is 2.35. The van der Waals surface area contributed by atoms with Crippen molar-refractivity contribution < 1.29 is 18.7 Å². The Morgan fingerprint density at radius 2 is 2.00 bits per heavy atom. The summed E-state index contributed by atoms with van der Waals surface area (Å²) in [4.78, 5) is 15.1. The van der Waals surface area contributed by atoms with Crippen LogP contribution in [0.1, 0.15) is 17.2 Å². The Labute approximate surface area is 102 Å². The average molecular weight is 249 g/mol. The van der Waals surface area contributed by atoms with E-state index in [-0.39, 0.29) is 11.3 Å². The molecule has 18 heavy (non-hydrogen) atoms. The number of carbonyl (C=O) groups is 1. The topological polar surface area (TPSA) is 50.2 Å². The molecule has 0 bridgehead atoms. The van der Waals surface area contributed by atoms with E-state index in [9.17, 15) is 13.6 Å². The lowest BCUT2D eigenvalue weighted by Crippen LogP contribution is -2.16. The largest absolute Gasteiger partial charge is 0.480 e. The van der Waals surface area contributed by atoms with Crippen LogP contribution >= 0.6 is 0 Å². The van der Waals surface area contributed by atoms with Crippen LogP contribution in [-0.2, 0) is 4.79 Å². The summed E-state index contributed by atoms with van der Waals surface area (Å²) in [5, 5.41) is 9.17. The molecule has 0 radical (unpaired) electrons. The lowest BCUT2D eigenvalue weighted by molar-refractivity contribution is -0.137. The van der Waals surface area contributed by atoms with Gasteiger partial charge in [0.15, 0.2) is 0 Å². The van der Waals surface area contributed by atoms with Gasteiger partial charge in [-0.25, -0.2) is 8.78 Å². The van der Waals surface area contributed by atoms with E-state index < -0.39 is 23.5 Å². The molecule has 1 atom stereocenters. The van der Waals surface area contributed by atoms with Crippen molar-refractivity contribution in [1.82, 2.24) is 4.98 Å². The van der Waals surface area contributed by atoms with Crippen LogP contribution in [0, 0.1) is 11.6 Å². The molecule has 0 aliphatic heterocycles. The maximum atomic E-state index is 13.6. The van der Waals surface area contributed by atoms with Crippen molar-refractivity contribution in [2.45, 2.75) is 5.92 Å². The maximum absolute atomic E-state index is 13.6. The van der Waals surface area contributed by atoms with Crippen LogP contribution in [0.3, 0.4) is 0 Å². The van der Waals surface area contributed by atoms with Crippen molar-refractivity contribution >= 4 is 5.97 Å². The summed E-state index contributed by atoms with van der Waals surface area (Å²) in [6.45, 7) is 0. The van der Waals surface area contributed by atoms with Gasteiger partial charge in [0.1, 0.15) is 17.6 Å². The monoisotopic (exact) mass is 249 g/mol. The summed E-state index contributed by atoms with van der Waals surface area (Å²) >= 11 is 0. The van der Waals surface area contributed by atoms with Gasteiger partial charge in [0, 0.05) is 11.8 Å². The first-order valence-electron chi connectivity index (χ1n) is 5.18. The van der Waals surface area contributed by atoms with Crippen molar-refractivity contribution in [2.75, 3.05) is 0 Å². The lowest BCUT2D eigenvalue weighted by Gasteiger charge is -2.13. The Hall–Kier alpha value is -2.30. The molecule has 5 heteroatoms. The maximum Gasteiger partial charge on any atom is 0.317 e. The zero-order valence-corrected chi connectivity index (χ0v) is 9.18. The Morgan fingerprint density at radius 1 is 1.22 bits per heavy atom. The molecule has 92 valence electrons. The van der Waals surface area contributed by atoms with Crippen molar-refractivity contribution in [1.29, 1.82) is 0 Å². The van der Waals surface area contributed by atoms with Gasteiger partial charge in [-0.2, -0.15) is 0 Å². The van der Waals surface area contributed by atoms with E-state index in [0.29, 0.717) is 0 Å². The number of halogens is 2. The van der Waals surface area contributed by atoms with E-state index in [0.717, 1.165) is 18.2 Å². The summed E-state index contributed by atoms with van der Waals surface area (Å²) in [6, 6.07) is 7.39. The van der Waals surface area contributed by atoms with E-state index in [2.05, 4.69) is 4.98 Å². The van der Waals surface area contributed by atoms with Gasteiger partial charge < -0.3 is 5.11 Å². The highest BCUT2D eigenvalue weighted by Crippen LogP contribution is 2.26. The SMILES string of the molecule is O=C(O)C(c1ccccn1)c1cc(F)ccc1F. The minimum atomic E-state index is -1.32. The Balaban J connectivity index is 2.55. The molecule has 1 heterocycles. The predicted octanol–water partition coefficient (Wildman–Crippen LogP) is 2.58. The van der Waals surface area contributed by atoms with Crippen LogP contribution in [0.2, 0.25) is 0 Å². The van der Waals surface area contributed by atoms with Crippen LogP contribution in [0.25, 0.3) is 0 Å². The number of hydrogen-bond acceptors (Lipinski definition) is 2. The second-order valence-corrected chi connectivity index (χ2v) is 3.69. The molecule has 2 rings (SSSR count). The number of aliphatic carboxylic acids is 1. The van der Waals surface area contributed by atoms with E-state index in [1.54, 1.807) is 12.1 Å². The lowest BCUT2D eigenvalue weighted by atomic mass is 9.94. The zero-order valence-electron chi connectivity index (χ0n) is 9.18. The number of aromatic nitrogens is 1. The van der Waals surface area contributed by atoms with Crippen molar-refractivity contribution in [3.05, 3.63) is 65.5 Å². The number of hydrogen-bond donors (Lipinski definition) is 1. The minimum Gasteiger partial charge on any atom is -0.480 e.